The molecule has 146 valence electrons. The van der Waals surface area contributed by atoms with Crippen LogP contribution in [0.15, 0.2) is 45.6 Å². The molecule has 1 heterocycles. The maximum atomic E-state index is 13.6. The van der Waals surface area contributed by atoms with Crippen molar-refractivity contribution in [1.29, 1.82) is 0 Å². The molecular formula is C22H22FNO4. The Kier molecular flexibility index (Phi) is 5.78. The van der Waals surface area contributed by atoms with Crippen molar-refractivity contribution in [2.24, 2.45) is 0 Å². The van der Waals surface area contributed by atoms with E-state index in [-0.39, 0.29) is 31.1 Å². The number of fused-ring (bicyclic) bond motifs is 1. The van der Waals surface area contributed by atoms with Crippen LogP contribution in [0.3, 0.4) is 0 Å². The first-order valence-corrected chi connectivity index (χ1v) is 9.01. The Hall–Kier alpha value is -3.15. The number of hydrogen-bond donors (Lipinski definition) is 1. The van der Waals surface area contributed by atoms with Crippen molar-refractivity contribution >= 4 is 16.9 Å². The van der Waals surface area contributed by atoms with Gasteiger partial charge in [0.25, 0.3) is 0 Å². The van der Waals surface area contributed by atoms with Crippen molar-refractivity contribution in [3.63, 3.8) is 0 Å². The van der Waals surface area contributed by atoms with Gasteiger partial charge in [-0.2, -0.15) is 0 Å². The quantitative estimate of drug-likeness (QED) is 0.658. The molecule has 0 saturated carbocycles. The topological polar surface area (TPSA) is 68.5 Å². The molecule has 0 aliphatic heterocycles. The van der Waals surface area contributed by atoms with E-state index in [1.54, 1.807) is 38.3 Å². The number of ether oxygens (including phenoxy) is 1. The van der Waals surface area contributed by atoms with Gasteiger partial charge in [-0.3, -0.25) is 4.79 Å². The number of rotatable bonds is 6. The second-order valence-electron chi connectivity index (χ2n) is 6.72. The molecule has 1 N–H and O–H groups in total. The average Bonchev–Trinajstić information content (AvgIpc) is 2.68. The Morgan fingerprint density at radius 3 is 2.68 bits per heavy atom. The molecule has 0 fully saturated rings. The number of benzene rings is 2. The lowest BCUT2D eigenvalue weighted by Gasteiger charge is -2.09. The maximum Gasteiger partial charge on any atom is 0.339 e. The van der Waals surface area contributed by atoms with E-state index in [0.717, 1.165) is 10.9 Å². The number of aryl methyl sites for hydroxylation is 2. The van der Waals surface area contributed by atoms with E-state index in [1.165, 1.54) is 6.07 Å². The van der Waals surface area contributed by atoms with E-state index in [0.29, 0.717) is 28.0 Å². The summed E-state index contributed by atoms with van der Waals surface area (Å²) in [6.07, 6.45) is 0.409. The predicted octanol–water partition coefficient (Wildman–Crippen LogP) is 3.81. The van der Waals surface area contributed by atoms with Crippen molar-refractivity contribution in [3.05, 3.63) is 74.9 Å². The van der Waals surface area contributed by atoms with E-state index in [9.17, 15) is 14.0 Å². The van der Waals surface area contributed by atoms with Crippen LogP contribution in [-0.4, -0.2) is 13.0 Å². The van der Waals surface area contributed by atoms with E-state index >= 15 is 0 Å². The van der Waals surface area contributed by atoms with Gasteiger partial charge < -0.3 is 14.5 Å². The summed E-state index contributed by atoms with van der Waals surface area (Å²) in [6, 6.07) is 10.2. The van der Waals surface area contributed by atoms with Gasteiger partial charge in [0.15, 0.2) is 0 Å². The van der Waals surface area contributed by atoms with Crippen LogP contribution in [0.2, 0.25) is 0 Å². The van der Waals surface area contributed by atoms with Crippen LogP contribution >= 0.6 is 0 Å². The largest absolute Gasteiger partial charge is 0.497 e. The molecular weight excluding hydrogens is 361 g/mol. The van der Waals surface area contributed by atoms with E-state index in [4.69, 9.17) is 9.15 Å². The van der Waals surface area contributed by atoms with E-state index in [1.807, 2.05) is 13.0 Å². The summed E-state index contributed by atoms with van der Waals surface area (Å²) in [5.41, 5.74) is 2.53. The van der Waals surface area contributed by atoms with Gasteiger partial charge in [0, 0.05) is 30.0 Å². The number of methoxy groups -OCH3 is 1. The zero-order chi connectivity index (χ0) is 20.3. The average molecular weight is 383 g/mol. The normalized spacial score (nSPS) is 10.9. The first kappa shape index (κ1) is 19.6. The molecule has 0 aliphatic carbocycles. The highest BCUT2D eigenvalue weighted by Gasteiger charge is 2.14. The minimum absolute atomic E-state index is 0.140. The number of halogens is 1. The smallest absolute Gasteiger partial charge is 0.339 e. The second kappa shape index (κ2) is 8.25. The standard InChI is InChI=1S/C22H22FNO4/c1-13-4-5-15(10-19(13)23)12-24-21(25)9-8-18-14(2)17-7-6-16(27-3)11-20(17)28-22(18)26/h4-7,10-11H,8-9,12H2,1-3H3,(H,24,25). The highest BCUT2D eigenvalue weighted by Crippen LogP contribution is 2.24. The number of carbonyl (C=O) groups excluding carboxylic acids is 1. The first-order chi connectivity index (χ1) is 13.4. The Morgan fingerprint density at radius 1 is 1.18 bits per heavy atom. The molecule has 3 aromatic rings. The third kappa shape index (κ3) is 4.22. The Morgan fingerprint density at radius 2 is 1.96 bits per heavy atom. The number of carbonyl (C=O) groups is 1. The van der Waals surface area contributed by atoms with Crippen LogP contribution in [-0.2, 0) is 17.8 Å². The summed E-state index contributed by atoms with van der Waals surface area (Å²) in [5.74, 6) is 0.0945. The van der Waals surface area contributed by atoms with Crippen molar-refractivity contribution in [2.45, 2.75) is 33.2 Å². The third-order valence-corrected chi connectivity index (χ3v) is 4.82. The summed E-state index contributed by atoms with van der Waals surface area (Å²) < 4.78 is 24.1. The van der Waals surface area contributed by atoms with Crippen LogP contribution in [0, 0.1) is 19.7 Å². The van der Waals surface area contributed by atoms with Gasteiger partial charge in [0.05, 0.1) is 7.11 Å². The van der Waals surface area contributed by atoms with E-state index < -0.39 is 5.63 Å². The molecule has 1 amide bonds. The number of amides is 1. The first-order valence-electron chi connectivity index (χ1n) is 9.01. The maximum absolute atomic E-state index is 13.6. The molecule has 6 heteroatoms. The van der Waals surface area contributed by atoms with Gasteiger partial charge in [-0.25, -0.2) is 9.18 Å². The van der Waals surface area contributed by atoms with Crippen LogP contribution in [0.25, 0.3) is 11.0 Å². The fraction of sp³-hybridized carbons (Fsp3) is 0.273. The van der Waals surface area contributed by atoms with Crippen molar-refractivity contribution in [2.75, 3.05) is 7.11 Å². The fourth-order valence-corrected chi connectivity index (χ4v) is 3.06. The summed E-state index contributed by atoms with van der Waals surface area (Å²) in [6.45, 7) is 3.76. The van der Waals surface area contributed by atoms with Crippen molar-refractivity contribution < 1.29 is 18.3 Å². The van der Waals surface area contributed by atoms with Crippen LogP contribution in [0.4, 0.5) is 4.39 Å². The summed E-state index contributed by atoms with van der Waals surface area (Å²) in [5, 5.41) is 3.56. The summed E-state index contributed by atoms with van der Waals surface area (Å²) in [7, 11) is 1.55. The predicted molar refractivity (Wildman–Crippen MR) is 105 cm³/mol. The van der Waals surface area contributed by atoms with Gasteiger partial charge in [-0.1, -0.05) is 12.1 Å². The van der Waals surface area contributed by atoms with E-state index in [2.05, 4.69) is 5.32 Å². The monoisotopic (exact) mass is 383 g/mol. The minimum Gasteiger partial charge on any atom is -0.497 e. The Bertz CT molecular complexity index is 1090. The number of hydrogen-bond acceptors (Lipinski definition) is 4. The molecule has 2 aromatic carbocycles. The minimum atomic E-state index is -0.452. The van der Waals surface area contributed by atoms with Gasteiger partial charge in [0.1, 0.15) is 17.1 Å². The van der Waals surface area contributed by atoms with Crippen LogP contribution < -0.4 is 15.7 Å². The molecule has 28 heavy (non-hydrogen) atoms. The summed E-state index contributed by atoms with van der Waals surface area (Å²) >= 11 is 0. The SMILES string of the molecule is COc1ccc2c(C)c(CCC(=O)NCc3ccc(C)c(F)c3)c(=O)oc2c1. The Labute approximate surface area is 162 Å². The lowest BCUT2D eigenvalue weighted by Crippen LogP contribution is -2.24. The molecule has 0 radical (unpaired) electrons. The van der Waals surface area contributed by atoms with Crippen LogP contribution in [0.5, 0.6) is 5.75 Å². The zero-order valence-corrected chi connectivity index (χ0v) is 16.1. The highest BCUT2D eigenvalue weighted by atomic mass is 19.1. The molecule has 5 nitrogen and oxygen atoms in total. The number of nitrogens with one attached hydrogen (secondary N) is 1. The van der Waals surface area contributed by atoms with Crippen molar-refractivity contribution in [1.82, 2.24) is 5.32 Å². The molecule has 1 aromatic heterocycles. The molecule has 0 atom stereocenters. The van der Waals surface area contributed by atoms with Gasteiger partial charge in [0.2, 0.25) is 5.91 Å². The Balaban J connectivity index is 1.68. The molecule has 0 unspecified atom stereocenters. The van der Waals surface area contributed by atoms with Crippen LogP contribution in [0.1, 0.15) is 28.7 Å². The molecule has 0 saturated heterocycles. The lowest BCUT2D eigenvalue weighted by atomic mass is 10.0. The molecule has 0 spiro atoms. The second-order valence-corrected chi connectivity index (χ2v) is 6.72. The van der Waals surface area contributed by atoms with Gasteiger partial charge in [-0.05, 0) is 55.2 Å². The van der Waals surface area contributed by atoms with Gasteiger partial charge in [-0.15, -0.1) is 0 Å². The van der Waals surface area contributed by atoms with Crippen molar-refractivity contribution in [3.8, 4) is 5.75 Å². The lowest BCUT2D eigenvalue weighted by molar-refractivity contribution is -0.121. The van der Waals surface area contributed by atoms with Gasteiger partial charge >= 0.3 is 5.63 Å². The zero-order valence-electron chi connectivity index (χ0n) is 16.1. The molecule has 0 bridgehead atoms. The summed E-state index contributed by atoms with van der Waals surface area (Å²) in [4.78, 5) is 24.5. The highest BCUT2D eigenvalue weighted by molar-refractivity contribution is 5.82. The molecule has 3 rings (SSSR count). The third-order valence-electron chi connectivity index (χ3n) is 4.82. The fourth-order valence-electron chi connectivity index (χ4n) is 3.06. The molecule has 0 aliphatic rings.